The third kappa shape index (κ3) is 2.81. The van der Waals surface area contributed by atoms with Gasteiger partial charge in [-0.3, -0.25) is 4.79 Å². The maximum absolute atomic E-state index is 12.6. The van der Waals surface area contributed by atoms with E-state index in [1.54, 1.807) is 0 Å². The number of rotatable bonds is 2. The topological polar surface area (TPSA) is 29.1 Å². The number of carbonyl (C=O) groups excluding carboxylic acids is 1. The molecule has 0 spiro atoms. The molecule has 1 N–H and O–H groups in total. The van der Waals surface area contributed by atoms with Gasteiger partial charge < -0.3 is 5.32 Å². The highest BCUT2D eigenvalue weighted by Crippen LogP contribution is 2.19. The third-order valence-electron chi connectivity index (χ3n) is 3.98. The summed E-state index contributed by atoms with van der Waals surface area (Å²) in [5.74, 6) is 0.275. The first kappa shape index (κ1) is 13.3. The highest BCUT2D eigenvalue weighted by molar-refractivity contribution is 6.01. The van der Waals surface area contributed by atoms with Crippen molar-refractivity contribution in [1.29, 1.82) is 0 Å². The number of benzene rings is 1. The van der Waals surface area contributed by atoms with E-state index in [1.165, 1.54) is 24.0 Å². The fourth-order valence-corrected chi connectivity index (χ4v) is 2.67. The van der Waals surface area contributed by atoms with E-state index < -0.39 is 0 Å². The predicted octanol–water partition coefficient (Wildman–Crippen LogP) is 3.33. The maximum atomic E-state index is 12.6. The molecular formula is C16H23NO. The Hall–Kier alpha value is -1.15. The monoisotopic (exact) mass is 245 g/mol. The summed E-state index contributed by atoms with van der Waals surface area (Å²) in [4.78, 5) is 12.6. The van der Waals surface area contributed by atoms with Crippen molar-refractivity contribution in [2.24, 2.45) is 0 Å². The number of hydrogen-bond acceptors (Lipinski definition) is 2. The van der Waals surface area contributed by atoms with Crippen molar-refractivity contribution in [3.63, 3.8) is 0 Å². The number of aryl methyl sites for hydroxylation is 3. The molecule has 0 aliphatic carbocycles. The second-order valence-corrected chi connectivity index (χ2v) is 5.47. The Balaban J connectivity index is 2.24. The van der Waals surface area contributed by atoms with Gasteiger partial charge in [0.25, 0.3) is 0 Å². The van der Waals surface area contributed by atoms with Crippen molar-refractivity contribution in [2.75, 3.05) is 6.54 Å². The third-order valence-corrected chi connectivity index (χ3v) is 3.98. The molecule has 0 bridgehead atoms. The molecule has 1 aromatic carbocycles. The fraction of sp³-hybridized carbons (Fsp3) is 0.562. The van der Waals surface area contributed by atoms with Gasteiger partial charge in [0, 0.05) is 5.56 Å². The Bertz CT molecular complexity index is 443. The number of nitrogens with one attached hydrogen (secondary N) is 1. The number of Topliss-reactive ketones (excluding diaryl/α,β-unsaturated/α-hetero) is 1. The highest BCUT2D eigenvalue weighted by Gasteiger charge is 2.22. The Labute approximate surface area is 110 Å². The first-order chi connectivity index (χ1) is 8.59. The van der Waals surface area contributed by atoms with Crippen LogP contribution in [0.1, 0.15) is 52.7 Å². The highest BCUT2D eigenvalue weighted by atomic mass is 16.1. The van der Waals surface area contributed by atoms with Crippen LogP contribution in [0.25, 0.3) is 0 Å². The van der Waals surface area contributed by atoms with Crippen LogP contribution >= 0.6 is 0 Å². The van der Waals surface area contributed by atoms with E-state index in [2.05, 4.69) is 31.3 Å². The first-order valence-corrected chi connectivity index (χ1v) is 6.95. The number of ketones is 1. The van der Waals surface area contributed by atoms with Gasteiger partial charge in [-0.05, 0) is 62.9 Å². The summed E-state index contributed by atoms with van der Waals surface area (Å²) < 4.78 is 0. The second-order valence-electron chi connectivity index (χ2n) is 5.47. The van der Waals surface area contributed by atoms with E-state index >= 15 is 0 Å². The summed E-state index contributed by atoms with van der Waals surface area (Å²) in [6.07, 6.45) is 4.57. The molecule has 1 aromatic rings. The standard InChI is InChI=1S/C16H23NO/c1-11-9-13(3)14(10-12(11)2)16(18)15-7-5-4-6-8-17-15/h9-10,15,17H,4-8H2,1-3H3. The molecule has 1 aliphatic rings. The summed E-state index contributed by atoms with van der Waals surface area (Å²) in [5, 5.41) is 3.39. The number of hydrogen-bond donors (Lipinski definition) is 1. The molecule has 1 unspecified atom stereocenters. The van der Waals surface area contributed by atoms with Crippen LogP contribution in [0.2, 0.25) is 0 Å². The molecule has 1 fully saturated rings. The lowest BCUT2D eigenvalue weighted by molar-refractivity contribution is 0.0940. The summed E-state index contributed by atoms with van der Waals surface area (Å²) in [6, 6.07) is 4.20. The molecule has 1 heterocycles. The Morgan fingerprint density at radius 1 is 1.06 bits per heavy atom. The Morgan fingerprint density at radius 3 is 2.56 bits per heavy atom. The van der Waals surface area contributed by atoms with Crippen LogP contribution in [-0.2, 0) is 0 Å². The van der Waals surface area contributed by atoms with Crippen LogP contribution in [0.3, 0.4) is 0 Å². The van der Waals surface area contributed by atoms with Crippen molar-refractivity contribution in [1.82, 2.24) is 5.32 Å². The lowest BCUT2D eigenvalue weighted by Crippen LogP contribution is -2.36. The SMILES string of the molecule is Cc1cc(C)c(C(=O)C2CCCCCN2)cc1C. The van der Waals surface area contributed by atoms with E-state index in [-0.39, 0.29) is 11.8 Å². The second kappa shape index (κ2) is 5.66. The largest absolute Gasteiger partial charge is 0.307 e. The van der Waals surface area contributed by atoms with Gasteiger partial charge in [-0.2, -0.15) is 0 Å². The molecule has 2 heteroatoms. The molecule has 0 aromatic heterocycles. The maximum Gasteiger partial charge on any atom is 0.179 e. The van der Waals surface area contributed by atoms with Crippen LogP contribution in [0, 0.1) is 20.8 Å². The van der Waals surface area contributed by atoms with Gasteiger partial charge >= 0.3 is 0 Å². The predicted molar refractivity (Wildman–Crippen MR) is 75.2 cm³/mol. The van der Waals surface area contributed by atoms with Crippen molar-refractivity contribution < 1.29 is 4.79 Å². The molecule has 2 nitrogen and oxygen atoms in total. The zero-order valence-corrected chi connectivity index (χ0v) is 11.7. The zero-order valence-electron chi connectivity index (χ0n) is 11.7. The van der Waals surface area contributed by atoms with Gasteiger partial charge in [-0.1, -0.05) is 18.9 Å². The van der Waals surface area contributed by atoms with Crippen LogP contribution in [0.5, 0.6) is 0 Å². The average Bonchev–Trinajstić information content (AvgIpc) is 2.61. The number of carbonyl (C=O) groups is 1. The van der Waals surface area contributed by atoms with Crippen molar-refractivity contribution in [3.05, 3.63) is 34.4 Å². The van der Waals surface area contributed by atoms with Gasteiger partial charge in [-0.15, -0.1) is 0 Å². The van der Waals surface area contributed by atoms with E-state index in [9.17, 15) is 4.79 Å². The minimum atomic E-state index is 0.0216. The molecule has 1 saturated heterocycles. The van der Waals surface area contributed by atoms with Crippen LogP contribution in [-0.4, -0.2) is 18.4 Å². The molecule has 98 valence electrons. The molecule has 1 aliphatic heterocycles. The fourth-order valence-electron chi connectivity index (χ4n) is 2.67. The average molecular weight is 245 g/mol. The van der Waals surface area contributed by atoms with E-state index in [0.717, 1.165) is 30.5 Å². The molecule has 0 radical (unpaired) electrons. The van der Waals surface area contributed by atoms with Gasteiger partial charge in [0.1, 0.15) is 0 Å². The van der Waals surface area contributed by atoms with Crippen LogP contribution < -0.4 is 5.32 Å². The van der Waals surface area contributed by atoms with Crippen molar-refractivity contribution in [2.45, 2.75) is 52.5 Å². The van der Waals surface area contributed by atoms with Gasteiger partial charge in [-0.25, -0.2) is 0 Å². The zero-order chi connectivity index (χ0) is 13.1. The Kier molecular flexibility index (Phi) is 4.18. The van der Waals surface area contributed by atoms with Gasteiger partial charge in [0.15, 0.2) is 5.78 Å². The molecular weight excluding hydrogens is 222 g/mol. The first-order valence-electron chi connectivity index (χ1n) is 6.95. The van der Waals surface area contributed by atoms with Crippen molar-refractivity contribution in [3.8, 4) is 0 Å². The van der Waals surface area contributed by atoms with Crippen LogP contribution in [0.15, 0.2) is 12.1 Å². The summed E-state index contributed by atoms with van der Waals surface area (Å²) in [7, 11) is 0. The Morgan fingerprint density at radius 2 is 1.78 bits per heavy atom. The minimum absolute atomic E-state index is 0.0216. The lowest BCUT2D eigenvalue weighted by atomic mass is 9.93. The minimum Gasteiger partial charge on any atom is -0.307 e. The summed E-state index contributed by atoms with van der Waals surface area (Å²) >= 11 is 0. The summed E-state index contributed by atoms with van der Waals surface area (Å²) in [6.45, 7) is 7.18. The molecule has 0 amide bonds. The van der Waals surface area contributed by atoms with E-state index in [0.29, 0.717) is 0 Å². The summed E-state index contributed by atoms with van der Waals surface area (Å²) in [5.41, 5.74) is 4.47. The van der Waals surface area contributed by atoms with Gasteiger partial charge in [0.2, 0.25) is 0 Å². The smallest absolute Gasteiger partial charge is 0.179 e. The molecule has 2 rings (SSSR count). The normalized spacial score (nSPS) is 20.5. The molecule has 1 atom stereocenters. The molecule has 18 heavy (non-hydrogen) atoms. The van der Waals surface area contributed by atoms with Crippen molar-refractivity contribution >= 4 is 5.78 Å². The molecule has 0 saturated carbocycles. The lowest BCUT2D eigenvalue weighted by Gasteiger charge is -2.17. The van der Waals surface area contributed by atoms with E-state index in [1.807, 2.05) is 6.92 Å². The van der Waals surface area contributed by atoms with E-state index in [4.69, 9.17) is 0 Å². The van der Waals surface area contributed by atoms with Crippen LogP contribution in [0.4, 0.5) is 0 Å². The van der Waals surface area contributed by atoms with Gasteiger partial charge in [0.05, 0.1) is 6.04 Å². The quantitative estimate of drug-likeness (QED) is 0.810.